The summed E-state index contributed by atoms with van der Waals surface area (Å²) in [6, 6.07) is 9.08. The molecule has 0 aromatic heterocycles. The second-order valence-corrected chi connectivity index (χ2v) is 16.8. The normalized spacial score (nSPS) is 43.5. The van der Waals surface area contributed by atoms with Crippen LogP contribution in [0.4, 0.5) is 0 Å². The Bertz CT molecular complexity index is 1250. The lowest BCUT2D eigenvalue weighted by Crippen LogP contribution is -2.67. The Morgan fingerprint density at radius 3 is 1.95 bits per heavy atom. The quantitative estimate of drug-likeness (QED) is 0.436. The molecule has 0 N–H and O–H groups in total. The minimum absolute atomic E-state index is 0.0218. The van der Waals surface area contributed by atoms with Gasteiger partial charge in [0.2, 0.25) is 0 Å². The van der Waals surface area contributed by atoms with Crippen molar-refractivity contribution in [2.24, 2.45) is 17.8 Å². The van der Waals surface area contributed by atoms with Gasteiger partial charge in [-0.2, -0.15) is 16.8 Å². The summed E-state index contributed by atoms with van der Waals surface area (Å²) in [7, 11) is -9.89. The number of benzene rings is 1. The molecule has 7 rings (SSSR count). The molecule has 0 spiro atoms. The summed E-state index contributed by atoms with van der Waals surface area (Å²) in [5.41, 5.74) is -0.529. The van der Waals surface area contributed by atoms with E-state index in [9.17, 15) is 21.0 Å². The monoisotopic (exact) mass is 590 g/mol. The van der Waals surface area contributed by atoms with Crippen molar-refractivity contribution in [1.29, 1.82) is 0 Å². The molecular formula is C25H34O10S3. The zero-order chi connectivity index (χ0) is 26.9. The van der Waals surface area contributed by atoms with Gasteiger partial charge in [0.05, 0.1) is 29.9 Å². The van der Waals surface area contributed by atoms with Crippen molar-refractivity contribution in [3.05, 3.63) is 35.9 Å². The van der Waals surface area contributed by atoms with Crippen LogP contribution in [0.5, 0.6) is 0 Å². The van der Waals surface area contributed by atoms with Crippen molar-refractivity contribution >= 4 is 31.0 Å². The Kier molecular flexibility index (Phi) is 7.07. The molecule has 4 saturated carbocycles. The molecule has 2 heterocycles. The van der Waals surface area contributed by atoms with Crippen LogP contribution >= 0.6 is 0 Å². The van der Waals surface area contributed by atoms with E-state index >= 15 is 0 Å². The summed E-state index contributed by atoms with van der Waals surface area (Å²) in [6.07, 6.45) is 1.91. The number of rotatable bonds is 7. The first-order valence-corrected chi connectivity index (χ1v) is 17.9. The van der Waals surface area contributed by atoms with E-state index in [0.29, 0.717) is 23.3 Å². The minimum Gasteiger partial charge on any atom is -0.354 e. The summed E-state index contributed by atoms with van der Waals surface area (Å²) in [5.74, 6) is 1.48. The lowest BCUT2D eigenvalue weighted by molar-refractivity contribution is -0.312. The fourth-order valence-corrected chi connectivity index (χ4v) is 11.3. The van der Waals surface area contributed by atoms with Crippen molar-refractivity contribution < 1.29 is 43.6 Å². The van der Waals surface area contributed by atoms with E-state index < -0.39 is 71.9 Å². The van der Waals surface area contributed by atoms with Crippen LogP contribution < -0.4 is 0 Å². The molecule has 6 fully saturated rings. The van der Waals surface area contributed by atoms with Gasteiger partial charge < -0.3 is 14.2 Å². The first-order chi connectivity index (χ1) is 17.9. The van der Waals surface area contributed by atoms with Crippen LogP contribution in [-0.4, -0.2) is 74.8 Å². The molecule has 1 aromatic rings. The standard InChI is InChI=1S/C25H34O10S3/c1-37(27,28)34-21-20-19(14-31-23(33-20)18-6-4-3-5-7-18)32-24(22(21)35-38(2,29)30)36(26)25-11-15-8-16(12-25)10-17(9-15)13-25/h3-7,15-17,19-24H,8-14H2,1-2H3/t15?,16?,17?,19-,20-,21+,22-,23-,24+,25?,36+/m1/s1. The zero-order valence-corrected chi connectivity index (χ0v) is 23.8. The number of hydrogen-bond donors (Lipinski definition) is 0. The highest BCUT2D eigenvalue weighted by atomic mass is 32.2. The molecule has 0 unspecified atom stereocenters. The van der Waals surface area contributed by atoms with Crippen molar-refractivity contribution in [2.75, 3.05) is 19.1 Å². The number of fused-ring (bicyclic) bond motifs is 1. The van der Waals surface area contributed by atoms with E-state index in [-0.39, 0.29) is 6.61 Å². The molecule has 13 heteroatoms. The van der Waals surface area contributed by atoms with E-state index in [2.05, 4.69) is 0 Å². The van der Waals surface area contributed by atoms with E-state index in [1.165, 1.54) is 0 Å². The van der Waals surface area contributed by atoms with Crippen LogP contribution in [0, 0.1) is 17.8 Å². The summed E-state index contributed by atoms with van der Waals surface area (Å²) in [4.78, 5) is 0. The van der Waals surface area contributed by atoms with Gasteiger partial charge in [-0.05, 0) is 56.3 Å². The average molecular weight is 591 g/mol. The fourth-order valence-electron chi connectivity index (χ4n) is 7.64. The molecule has 1 aromatic carbocycles. The third-order valence-corrected chi connectivity index (χ3v) is 11.8. The Morgan fingerprint density at radius 1 is 0.842 bits per heavy atom. The summed E-state index contributed by atoms with van der Waals surface area (Å²) in [5, 5.41) is 0. The fraction of sp³-hybridized carbons (Fsp3) is 0.760. The topological polar surface area (TPSA) is 132 Å². The average Bonchev–Trinajstić information content (AvgIpc) is 2.83. The molecule has 10 nitrogen and oxygen atoms in total. The largest absolute Gasteiger partial charge is 0.354 e. The third kappa shape index (κ3) is 5.37. The first kappa shape index (κ1) is 27.3. The minimum atomic E-state index is -4.11. The summed E-state index contributed by atoms with van der Waals surface area (Å²) >= 11 is 0. The summed E-state index contributed by atoms with van der Waals surface area (Å²) < 4.78 is 92.9. The van der Waals surface area contributed by atoms with E-state index in [4.69, 9.17) is 22.6 Å². The van der Waals surface area contributed by atoms with E-state index in [1.54, 1.807) is 12.1 Å². The number of hydrogen-bond acceptors (Lipinski definition) is 10. The van der Waals surface area contributed by atoms with E-state index in [0.717, 1.165) is 51.0 Å². The van der Waals surface area contributed by atoms with Gasteiger partial charge >= 0.3 is 0 Å². The smallest absolute Gasteiger partial charge is 0.264 e. The predicted molar refractivity (Wildman–Crippen MR) is 137 cm³/mol. The van der Waals surface area contributed by atoms with Crippen LogP contribution in [0.25, 0.3) is 0 Å². The molecule has 7 atom stereocenters. The maximum Gasteiger partial charge on any atom is 0.264 e. The Morgan fingerprint density at radius 2 is 1.39 bits per heavy atom. The van der Waals surface area contributed by atoms with Gasteiger partial charge in [-0.25, -0.2) is 0 Å². The lowest BCUT2D eigenvalue weighted by Gasteiger charge is -2.57. The Hall–Kier alpha value is -0.930. The van der Waals surface area contributed by atoms with Crippen LogP contribution in [-0.2, 0) is 53.6 Å². The molecule has 2 saturated heterocycles. The lowest BCUT2D eigenvalue weighted by atomic mass is 9.56. The molecule has 2 aliphatic heterocycles. The van der Waals surface area contributed by atoms with Crippen molar-refractivity contribution in [3.8, 4) is 0 Å². The second-order valence-electron chi connectivity index (χ2n) is 11.6. The molecule has 0 radical (unpaired) electrons. The van der Waals surface area contributed by atoms with Gasteiger partial charge in [0.1, 0.15) is 24.4 Å². The second kappa shape index (κ2) is 9.86. The molecule has 212 valence electrons. The maximum atomic E-state index is 14.4. The highest BCUT2D eigenvalue weighted by Gasteiger charge is 2.61. The van der Waals surface area contributed by atoms with Gasteiger partial charge in [0.25, 0.3) is 20.2 Å². The maximum absolute atomic E-state index is 14.4. The van der Waals surface area contributed by atoms with Crippen molar-refractivity contribution in [2.45, 2.75) is 79.4 Å². The molecular weight excluding hydrogens is 556 g/mol. The SMILES string of the molecule is CS(=O)(=O)O[C@@H]1[C@@H](OS(C)(=O)=O)[C@H]([S@](=O)C23CC4CC(CC(C4)C2)C3)O[C@@H]2CO[C@@H](c3ccccc3)O[C@@H]12. The van der Waals surface area contributed by atoms with Gasteiger partial charge in [-0.3, -0.25) is 12.6 Å². The molecule has 4 bridgehead atoms. The Balaban J connectivity index is 1.36. The van der Waals surface area contributed by atoms with Crippen molar-refractivity contribution in [3.63, 3.8) is 0 Å². The van der Waals surface area contributed by atoms with Gasteiger partial charge in [0, 0.05) is 10.3 Å². The molecule has 4 aliphatic carbocycles. The van der Waals surface area contributed by atoms with Gasteiger partial charge in [0.15, 0.2) is 11.7 Å². The van der Waals surface area contributed by atoms with Crippen LogP contribution in [0.3, 0.4) is 0 Å². The van der Waals surface area contributed by atoms with E-state index in [1.807, 2.05) is 18.2 Å². The Labute approximate surface area is 226 Å². The van der Waals surface area contributed by atoms with Crippen LogP contribution in [0.2, 0.25) is 0 Å². The first-order valence-electron chi connectivity index (χ1n) is 13.0. The highest BCUT2D eigenvalue weighted by Crippen LogP contribution is 2.59. The van der Waals surface area contributed by atoms with Crippen LogP contribution in [0.1, 0.15) is 50.4 Å². The molecule has 6 aliphatic rings. The highest BCUT2D eigenvalue weighted by molar-refractivity contribution is 7.87. The third-order valence-electron chi connectivity index (χ3n) is 8.55. The predicted octanol–water partition coefficient (Wildman–Crippen LogP) is 2.23. The van der Waals surface area contributed by atoms with Crippen molar-refractivity contribution in [1.82, 2.24) is 0 Å². The zero-order valence-electron chi connectivity index (χ0n) is 21.3. The molecule has 38 heavy (non-hydrogen) atoms. The number of ether oxygens (including phenoxy) is 3. The van der Waals surface area contributed by atoms with Crippen LogP contribution in [0.15, 0.2) is 30.3 Å². The molecule has 0 amide bonds. The summed E-state index contributed by atoms with van der Waals surface area (Å²) in [6.45, 7) is 0.0218. The van der Waals surface area contributed by atoms with Gasteiger partial charge in [-0.15, -0.1) is 0 Å². The van der Waals surface area contributed by atoms with Gasteiger partial charge in [-0.1, -0.05) is 30.3 Å².